The maximum Gasteiger partial charge on any atom is 0.303 e. The lowest BCUT2D eigenvalue weighted by Gasteiger charge is -2.02. The second kappa shape index (κ2) is 16.5. The Morgan fingerprint density at radius 1 is 0.750 bits per heavy atom. The molecular weight excluding hydrogens is 248 g/mol. The van der Waals surface area contributed by atoms with E-state index < -0.39 is 5.97 Å². The van der Waals surface area contributed by atoms with Gasteiger partial charge in [0.2, 0.25) is 0 Å². The van der Waals surface area contributed by atoms with Gasteiger partial charge in [-0.25, -0.2) is 0 Å². The summed E-state index contributed by atoms with van der Waals surface area (Å²) in [6, 6.07) is 0. The molecule has 0 aromatic heterocycles. The summed E-state index contributed by atoms with van der Waals surface area (Å²) in [5.74, 6) is -0.657. The van der Waals surface area contributed by atoms with Crippen LogP contribution in [0.1, 0.15) is 103 Å². The van der Waals surface area contributed by atoms with Crippen molar-refractivity contribution >= 4 is 5.97 Å². The van der Waals surface area contributed by atoms with Crippen molar-refractivity contribution < 1.29 is 9.90 Å². The molecule has 0 unspecified atom stereocenters. The molecule has 2 heteroatoms. The first-order chi connectivity index (χ1) is 9.77. The summed E-state index contributed by atoms with van der Waals surface area (Å²) in [6.07, 6.45) is 20.7. The molecule has 20 heavy (non-hydrogen) atoms. The number of carboxylic acid groups (broad SMARTS) is 1. The van der Waals surface area contributed by atoms with E-state index in [-0.39, 0.29) is 0 Å². The van der Waals surface area contributed by atoms with Gasteiger partial charge in [0, 0.05) is 6.42 Å². The van der Waals surface area contributed by atoms with Crippen molar-refractivity contribution in [1.82, 2.24) is 0 Å². The molecule has 0 heterocycles. The maximum atomic E-state index is 10.3. The third-order valence-corrected chi connectivity index (χ3v) is 3.81. The molecule has 0 atom stereocenters. The van der Waals surface area contributed by atoms with E-state index in [0.29, 0.717) is 6.42 Å². The number of carbonyl (C=O) groups is 1. The Morgan fingerprint density at radius 2 is 1.20 bits per heavy atom. The van der Waals surface area contributed by atoms with Crippen molar-refractivity contribution in [3.05, 3.63) is 6.42 Å². The van der Waals surface area contributed by atoms with E-state index in [2.05, 4.69) is 13.3 Å². The van der Waals surface area contributed by atoms with Crippen molar-refractivity contribution in [3.63, 3.8) is 0 Å². The second-order valence-corrected chi connectivity index (χ2v) is 5.90. The zero-order chi connectivity index (χ0) is 14.9. The third kappa shape index (κ3) is 17.5. The molecule has 0 aliphatic carbocycles. The number of hydrogen-bond donors (Lipinski definition) is 1. The minimum atomic E-state index is -0.657. The Hall–Kier alpha value is -0.530. The van der Waals surface area contributed by atoms with Crippen LogP contribution < -0.4 is 0 Å². The molecule has 0 aromatic carbocycles. The first-order valence-electron chi connectivity index (χ1n) is 8.80. The molecular formula is C18H35O2. The zero-order valence-corrected chi connectivity index (χ0v) is 13.5. The van der Waals surface area contributed by atoms with Gasteiger partial charge in [-0.05, 0) is 12.8 Å². The molecule has 0 spiro atoms. The summed E-state index contributed by atoms with van der Waals surface area (Å²) in [4.78, 5) is 10.3. The predicted molar refractivity (Wildman–Crippen MR) is 86.9 cm³/mol. The van der Waals surface area contributed by atoms with Gasteiger partial charge in [-0.1, -0.05) is 90.4 Å². The predicted octanol–water partition coefficient (Wildman–Crippen LogP) is 6.15. The summed E-state index contributed by atoms with van der Waals surface area (Å²) < 4.78 is 0. The quantitative estimate of drug-likeness (QED) is 0.345. The first-order valence-corrected chi connectivity index (χ1v) is 8.80. The lowest BCUT2D eigenvalue weighted by molar-refractivity contribution is -0.137. The molecule has 0 amide bonds. The molecule has 0 rings (SSSR count). The average molecular weight is 283 g/mol. The molecule has 0 aromatic rings. The summed E-state index contributed by atoms with van der Waals surface area (Å²) in [5.41, 5.74) is 0. The number of unbranched alkanes of at least 4 members (excludes halogenated alkanes) is 14. The molecule has 1 radical (unpaired) electrons. The molecule has 0 aliphatic rings. The number of rotatable bonds is 16. The molecule has 0 saturated heterocycles. The van der Waals surface area contributed by atoms with Crippen LogP contribution in [-0.4, -0.2) is 11.1 Å². The van der Waals surface area contributed by atoms with Crippen molar-refractivity contribution in [2.45, 2.75) is 103 Å². The van der Waals surface area contributed by atoms with Crippen molar-refractivity contribution in [3.8, 4) is 0 Å². The average Bonchev–Trinajstić information content (AvgIpc) is 2.43. The van der Waals surface area contributed by atoms with E-state index in [1.165, 1.54) is 77.0 Å². The lowest BCUT2D eigenvalue weighted by atomic mass is 10.0. The highest BCUT2D eigenvalue weighted by Gasteiger charge is 1.97. The molecule has 0 aliphatic heterocycles. The Kier molecular flexibility index (Phi) is 16.1. The van der Waals surface area contributed by atoms with Crippen LogP contribution in [0.15, 0.2) is 0 Å². The summed E-state index contributed by atoms with van der Waals surface area (Å²) in [5, 5.41) is 8.51. The maximum absolute atomic E-state index is 10.3. The van der Waals surface area contributed by atoms with Crippen LogP contribution in [0.5, 0.6) is 0 Å². The van der Waals surface area contributed by atoms with Crippen LogP contribution in [0, 0.1) is 6.42 Å². The van der Waals surface area contributed by atoms with E-state index >= 15 is 0 Å². The highest BCUT2D eigenvalue weighted by atomic mass is 16.4. The fraction of sp³-hybridized carbons (Fsp3) is 0.889. The standard InChI is InChI=1S/C18H35O2/c1-2-3-4-5-6-7-8-9-10-11-12-13-14-15-16-17-18(19)20/h7H,2-6,8-17H2,1H3,(H,19,20). The monoisotopic (exact) mass is 283 g/mol. The van der Waals surface area contributed by atoms with Gasteiger partial charge in [0.25, 0.3) is 0 Å². The van der Waals surface area contributed by atoms with Gasteiger partial charge >= 0.3 is 5.97 Å². The molecule has 0 fully saturated rings. The Balaban J connectivity index is 2.94. The van der Waals surface area contributed by atoms with E-state index in [1.54, 1.807) is 0 Å². The fourth-order valence-corrected chi connectivity index (χ4v) is 2.49. The fourth-order valence-electron chi connectivity index (χ4n) is 2.49. The molecule has 119 valence electrons. The number of hydrogen-bond acceptors (Lipinski definition) is 1. The van der Waals surface area contributed by atoms with Gasteiger partial charge in [0.15, 0.2) is 0 Å². The molecule has 2 nitrogen and oxygen atoms in total. The van der Waals surface area contributed by atoms with Crippen molar-refractivity contribution in [2.24, 2.45) is 0 Å². The Labute approximate surface area is 126 Å². The van der Waals surface area contributed by atoms with E-state index in [1.807, 2.05) is 0 Å². The summed E-state index contributed by atoms with van der Waals surface area (Å²) >= 11 is 0. The minimum absolute atomic E-state index is 0.341. The second-order valence-electron chi connectivity index (χ2n) is 5.90. The van der Waals surface area contributed by atoms with Gasteiger partial charge in [-0.15, -0.1) is 0 Å². The van der Waals surface area contributed by atoms with Gasteiger partial charge < -0.3 is 5.11 Å². The van der Waals surface area contributed by atoms with Gasteiger partial charge in [-0.2, -0.15) is 0 Å². The number of aliphatic carboxylic acids is 1. The topological polar surface area (TPSA) is 37.3 Å². The smallest absolute Gasteiger partial charge is 0.303 e. The van der Waals surface area contributed by atoms with E-state index in [9.17, 15) is 4.79 Å². The third-order valence-electron chi connectivity index (χ3n) is 3.81. The zero-order valence-electron chi connectivity index (χ0n) is 13.5. The summed E-state index contributed by atoms with van der Waals surface area (Å²) in [7, 11) is 0. The largest absolute Gasteiger partial charge is 0.481 e. The highest BCUT2D eigenvalue weighted by molar-refractivity contribution is 5.66. The normalized spacial score (nSPS) is 10.8. The van der Waals surface area contributed by atoms with Crippen LogP contribution in [0.4, 0.5) is 0 Å². The molecule has 0 bridgehead atoms. The van der Waals surface area contributed by atoms with Gasteiger partial charge in [-0.3, -0.25) is 4.79 Å². The highest BCUT2D eigenvalue weighted by Crippen LogP contribution is 2.13. The Bertz CT molecular complexity index is 202. The minimum Gasteiger partial charge on any atom is -0.481 e. The van der Waals surface area contributed by atoms with Gasteiger partial charge in [0.1, 0.15) is 0 Å². The number of carboxylic acids is 1. The lowest BCUT2D eigenvalue weighted by Crippen LogP contribution is -1.93. The summed E-state index contributed by atoms with van der Waals surface area (Å²) in [6.45, 7) is 2.26. The van der Waals surface area contributed by atoms with Crippen LogP contribution in [0.3, 0.4) is 0 Å². The first kappa shape index (κ1) is 19.5. The van der Waals surface area contributed by atoms with E-state index in [4.69, 9.17) is 5.11 Å². The van der Waals surface area contributed by atoms with Crippen molar-refractivity contribution in [2.75, 3.05) is 0 Å². The van der Waals surface area contributed by atoms with Crippen LogP contribution >= 0.6 is 0 Å². The van der Waals surface area contributed by atoms with Crippen molar-refractivity contribution in [1.29, 1.82) is 0 Å². The van der Waals surface area contributed by atoms with Gasteiger partial charge in [0.05, 0.1) is 0 Å². The molecule has 0 saturated carbocycles. The van der Waals surface area contributed by atoms with Crippen LogP contribution in [0.2, 0.25) is 0 Å². The van der Waals surface area contributed by atoms with E-state index in [0.717, 1.165) is 12.8 Å². The van der Waals surface area contributed by atoms with Crippen LogP contribution in [0.25, 0.3) is 0 Å². The van der Waals surface area contributed by atoms with Crippen LogP contribution in [-0.2, 0) is 4.79 Å². The molecule has 1 N–H and O–H groups in total. The SMILES string of the molecule is CCCCCC[CH]CCCCCCCCCCC(=O)O. The Morgan fingerprint density at radius 3 is 1.70 bits per heavy atom.